The van der Waals surface area contributed by atoms with Crippen molar-refractivity contribution in [3.63, 3.8) is 0 Å². The fourth-order valence-electron chi connectivity index (χ4n) is 1.65. The van der Waals surface area contributed by atoms with Crippen molar-refractivity contribution in [2.45, 2.75) is 0 Å². The van der Waals surface area contributed by atoms with Crippen molar-refractivity contribution in [1.29, 1.82) is 5.26 Å². The van der Waals surface area contributed by atoms with Gasteiger partial charge >= 0.3 is 0 Å². The van der Waals surface area contributed by atoms with Crippen LogP contribution in [0.2, 0.25) is 0 Å². The van der Waals surface area contributed by atoms with E-state index in [4.69, 9.17) is 5.26 Å². The molecule has 0 aliphatic heterocycles. The van der Waals surface area contributed by atoms with E-state index in [1.165, 1.54) is 11.3 Å². The minimum Gasteiger partial charge on any atom is -0.316 e. The number of nitrogens with zero attached hydrogens (tertiary/aromatic N) is 3. The quantitative estimate of drug-likeness (QED) is 0.760. The predicted octanol–water partition coefficient (Wildman–Crippen LogP) is 3.31. The number of benzene rings is 1. The molecule has 1 aromatic carbocycles. The number of rotatable bonds is 2. The number of anilines is 2. The standard InChI is InChI=1S/C13H8N4S/c14-6-11-8-16-13(18-11)17-12-5-9-3-1-2-4-10(9)7-15-12/h1-5,7-8H,(H,15,16,17). The van der Waals surface area contributed by atoms with Gasteiger partial charge in [0.15, 0.2) is 5.13 Å². The third kappa shape index (κ3) is 2.01. The maximum absolute atomic E-state index is 8.74. The summed E-state index contributed by atoms with van der Waals surface area (Å²) in [5, 5.41) is 14.7. The highest BCUT2D eigenvalue weighted by atomic mass is 32.1. The summed E-state index contributed by atoms with van der Waals surface area (Å²) in [5.74, 6) is 0.729. The molecule has 2 heterocycles. The molecule has 0 radical (unpaired) electrons. The van der Waals surface area contributed by atoms with E-state index >= 15 is 0 Å². The van der Waals surface area contributed by atoms with Crippen LogP contribution in [0.25, 0.3) is 10.8 Å². The Bertz CT molecular complexity index is 742. The summed E-state index contributed by atoms with van der Waals surface area (Å²) in [4.78, 5) is 9.00. The second-order valence-electron chi connectivity index (χ2n) is 3.68. The fourth-order valence-corrected chi connectivity index (χ4v) is 2.27. The molecule has 0 unspecified atom stereocenters. The van der Waals surface area contributed by atoms with Crippen LogP contribution in [-0.2, 0) is 0 Å². The maximum Gasteiger partial charge on any atom is 0.189 e. The van der Waals surface area contributed by atoms with Crippen LogP contribution in [0.1, 0.15) is 4.88 Å². The van der Waals surface area contributed by atoms with Crippen LogP contribution in [0.5, 0.6) is 0 Å². The van der Waals surface area contributed by atoms with E-state index in [0.717, 1.165) is 16.6 Å². The van der Waals surface area contributed by atoms with Crippen molar-refractivity contribution in [2.24, 2.45) is 0 Å². The summed E-state index contributed by atoms with van der Waals surface area (Å²) in [5.41, 5.74) is 0. The van der Waals surface area contributed by atoms with Gasteiger partial charge in [-0.3, -0.25) is 0 Å². The smallest absolute Gasteiger partial charge is 0.189 e. The predicted molar refractivity (Wildman–Crippen MR) is 71.9 cm³/mol. The summed E-state index contributed by atoms with van der Waals surface area (Å²) < 4.78 is 0. The van der Waals surface area contributed by atoms with Gasteiger partial charge in [0.2, 0.25) is 0 Å². The number of hydrogen-bond donors (Lipinski definition) is 1. The molecule has 0 aliphatic carbocycles. The monoisotopic (exact) mass is 252 g/mol. The molecule has 3 rings (SSSR count). The zero-order chi connectivity index (χ0) is 12.4. The average molecular weight is 252 g/mol. The van der Waals surface area contributed by atoms with E-state index in [1.807, 2.05) is 36.5 Å². The SMILES string of the molecule is N#Cc1cnc(Nc2cc3ccccc3cn2)s1. The summed E-state index contributed by atoms with van der Waals surface area (Å²) in [6.45, 7) is 0. The molecule has 0 spiro atoms. The first kappa shape index (κ1) is 10.7. The van der Waals surface area contributed by atoms with Crippen molar-refractivity contribution in [2.75, 3.05) is 5.32 Å². The number of nitriles is 1. The molecule has 0 saturated carbocycles. The summed E-state index contributed by atoms with van der Waals surface area (Å²) >= 11 is 1.31. The van der Waals surface area contributed by atoms with E-state index in [1.54, 1.807) is 6.20 Å². The van der Waals surface area contributed by atoms with E-state index in [-0.39, 0.29) is 0 Å². The molecule has 0 fully saturated rings. The van der Waals surface area contributed by atoms with Gasteiger partial charge in [0, 0.05) is 11.6 Å². The third-order valence-corrected chi connectivity index (χ3v) is 3.30. The van der Waals surface area contributed by atoms with Gasteiger partial charge in [-0.15, -0.1) is 0 Å². The molecule has 0 saturated heterocycles. The van der Waals surface area contributed by atoms with Gasteiger partial charge in [0.1, 0.15) is 16.8 Å². The zero-order valence-electron chi connectivity index (χ0n) is 9.29. The van der Waals surface area contributed by atoms with Crippen molar-refractivity contribution in [3.8, 4) is 6.07 Å². The van der Waals surface area contributed by atoms with Gasteiger partial charge < -0.3 is 5.32 Å². The molecule has 3 aromatic rings. The highest BCUT2D eigenvalue weighted by molar-refractivity contribution is 7.16. The van der Waals surface area contributed by atoms with Crippen molar-refractivity contribution >= 4 is 33.1 Å². The summed E-state index contributed by atoms with van der Waals surface area (Å²) in [7, 11) is 0. The number of nitrogens with one attached hydrogen (secondary N) is 1. The Balaban J connectivity index is 1.93. The molecular formula is C13H8N4S. The summed E-state index contributed by atoms with van der Waals surface area (Å²) in [6.07, 6.45) is 3.37. The lowest BCUT2D eigenvalue weighted by molar-refractivity contribution is 1.30. The first-order valence-electron chi connectivity index (χ1n) is 5.33. The van der Waals surface area contributed by atoms with Crippen molar-refractivity contribution in [3.05, 3.63) is 47.6 Å². The second kappa shape index (κ2) is 4.43. The number of pyridine rings is 1. The minimum atomic E-state index is 0.582. The topological polar surface area (TPSA) is 61.6 Å². The Labute approximate surface area is 108 Å². The van der Waals surface area contributed by atoms with Crippen LogP contribution in [0.4, 0.5) is 10.9 Å². The normalized spacial score (nSPS) is 10.2. The Morgan fingerprint density at radius 3 is 2.72 bits per heavy atom. The van der Waals surface area contributed by atoms with E-state index in [2.05, 4.69) is 21.4 Å². The zero-order valence-corrected chi connectivity index (χ0v) is 10.1. The van der Waals surface area contributed by atoms with Crippen LogP contribution in [0, 0.1) is 11.3 Å². The van der Waals surface area contributed by atoms with E-state index in [9.17, 15) is 0 Å². The molecule has 2 aromatic heterocycles. The van der Waals surface area contributed by atoms with Crippen molar-refractivity contribution in [1.82, 2.24) is 9.97 Å². The maximum atomic E-state index is 8.74. The molecule has 5 heteroatoms. The van der Waals surface area contributed by atoms with Crippen LogP contribution in [0.3, 0.4) is 0 Å². The highest BCUT2D eigenvalue weighted by Gasteiger charge is 2.03. The lowest BCUT2D eigenvalue weighted by Crippen LogP contribution is -1.92. The van der Waals surface area contributed by atoms with Crippen LogP contribution < -0.4 is 5.32 Å². The second-order valence-corrected chi connectivity index (χ2v) is 4.71. The lowest BCUT2D eigenvalue weighted by atomic mass is 10.2. The number of hydrogen-bond acceptors (Lipinski definition) is 5. The van der Waals surface area contributed by atoms with Gasteiger partial charge in [-0.25, -0.2) is 9.97 Å². The number of thiazole rings is 1. The molecule has 0 aliphatic rings. The number of aromatic nitrogens is 2. The van der Waals surface area contributed by atoms with Gasteiger partial charge in [-0.1, -0.05) is 35.6 Å². The minimum absolute atomic E-state index is 0.582. The van der Waals surface area contributed by atoms with Gasteiger partial charge in [-0.2, -0.15) is 5.26 Å². The Hall–Kier alpha value is -2.45. The van der Waals surface area contributed by atoms with Crippen LogP contribution in [-0.4, -0.2) is 9.97 Å². The first-order valence-corrected chi connectivity index (χ1v) is 6.14. The Morgan fingerprint density at radius 1 is 1.11 bits per heavy atom. The van der Waals surface area contributed by atoms with E-state index in [0.29, 0.717) is 10.0 Å². The van der Waals surface area contributed by atoms with Gasteiger partial charge in [-0.05, 0) is 11.5 Å². The third-order valence-electron chi connectivity index (χ3n) is 2.48. The fraction of sp³-hybridized carbons (Fsp3) is 0. The molecule has 0 atom stereocenters. The molecular weight excluding hydrogens is 244 g/mol. The molecule has 18 heavy (non-hydrogen) atoms. The number of fused-ring (bicyclic) bond motifs is 1. The average Bonchev–Trinajstić information content (AvgIpc) is 2.86. The van der Waals surface area contributed by atoms with Crippen LogP contribution >= 0.6 is 11.3 Å². The van der Waals surface area contributed by atoms with Crippen LogP contribution in [0.15, 0.2) is 42.7 Å². The Morgan fingerprint density at radius 2 is 1.94 bits per heavy atom. The van der Waals surface area contributed by atoms with Gasteiger partial charge in [0.25, 0.3) is 0 Å². The highest BCUT2D eigenvalue weighted by Crippen LogP contribution is 2.23. The Kier molecular flexibility index (Phi) is 2.63. The molecule has 86 valence electrons. The molecule has 0 amide bonds. The molecule has 1 N–H and O–H groups in total. The molecule has 4 nitrogen and oxygen atoms in total. The lowest BCUT2D eigenvalue weighted by Gasteiger charge is -2.03. The van der Waals surface area contributed by atoms with E-state index < -0.39 is 0 Å². The van der Waals surface area contributed by atoms with Gasteiger partial charge in [0.05, 0.1) is 6.20 Å². The largest absolute Gasteiger partial charge is 0.316 e. The summed E-state index contributed by atoms with van der Waals surface area (Å²) in [6, 6.07) is 12.0. The molecule has 0 bridgehead atoms. The first-order chi connectivity index (χ1) is 8.85. The van der Waals surface area contributed by atoms with Crippen molar-refractivity contribution < 1.29 is 0 Å².